The molecule has 392 valence electrons. The smallest absolute Gasteiger partial charge is 0.355 e. The molecule has 0 aliphatic carbocycles. The predicted octanol–water partition coefficient (Wildman–Crippen LogP) is 8.87. The topological polar surface area (TPSA) is 158 Å². The molecular weight excluding hydrogens is 965 g/mol. The van der Waals surface area contributed by atoms with Gasteiger partial charge in [-0.1, -0.05) is 49.2 Å². The first-order valence-corrected chi connectivity index (χ1v) is 25.8. The molecule has 0 saturated carbocycles. The Balaban J connectivity index is 0.000000265. The molecular formula is C57H67ClFN7O8. The minimum atomic E-state index is -0.718. The lowest BCUT2D eigenvalue weighted by molar-refractivity contribution is -0.129. The van der Waals surface area contributed by atoms with Crippen LogP contribution in [0.2, 0.25) is 5.02 Å². The molecule has 3 aliphatic heterocycles. The van der Waals surface area contributed by atoms with E-state index in [1.165, 1.54) is 23.5 Å². The molecule has 2 aromatic heterocycles. The third-order valence-electron chi connectivity index (χ3n) is 14.3. The summed E-state index contributed by atoms with van der Waals surface area (Å²) in [5, 5.41) is 10.1. The fourth-order valence-electron chi connectivity index (χ4n) is 11.1. The maximum Gasteiger partial charge on any atom is 0.355 e. The molecule has 4 aromatic carbocycles. The fraction of sp³-hybridized carbons (Fsp3) is 0.439. The number of nitrogens with zero attached hydrogens (tertiary/aromatic N) is 6. The summed E-state index contributed by atoms with van der Waals surface area (Å²) in [4.78, 5) is 66.4. The molecule has 1 unspecified atom stereocenters. The molecule has 3 aliphatic rings. The number of nitrogens with one attached hydrogen (secondary N) is 1. The number of hydrogen-bond acceptors (Lipinski definition) is 11. The first kappa shape index (κ1) is 53.7. The lowest BCUT2D eigenvalue weighted by atomic mass is 9.79. The Morgan fingerprint density at radius 3 is 2.36 bits per heavy atom. The van der Waals surface area contributed by atoms with Crippen LogP contribution in [0, 0.1) is 25.1 Å². The number of halogens is 2. The third-order valence-corrected chi connectivity index (χ3v) is 14.7. The summed E-state index contributed by atoms with van der Waals surface area (Å²) in [5.41, 5.74) is 7.01. The van der Waals surface area contributed by atoms with Crippen molar-refractivity contribution >= 4 is 63.8 Å². The van der Waals surface area contributed by atoms with Gasteiger partial charge in [0.15, 0.2) is 6.29 Å². The molecule has 3 amide bonds. The summed E-state index contributed by atoms with van der Waals surface area (Å²) in [7, 11) is 4.16. The highest BCUT2D eigenvalue weighted by Crippen LogP contribution is 2.44. The van der Waals surface area contributed by atoms with Crippen molar-refractivity contribution in [1.29, 1.82) is 0 Å². The van der Waals surface area contributed by atoms with Crippen molar-refractivity contribution in [3.63, 3.8) is 0 Å². The molecule has 0 radical (unpaired) electrons. The molecule has 9 rings (SSSR count). The van der Waals surface area contributed by atoms with E-state index in [0.717, 1.165) is 82.5 Å². The number of imide groups is 1. The van der Waals surface area contributed by atoms with Crippen molar-refractivity contribution in [1.82, 2.24) is 34.4 Å². The molecule has 1 atom stereocenters. The molecule has 2 saturated heterocycles. The van der Waals surface area contributed by atoms with Gasteiger partial charge in [-0.15, -0.1) is 0 Å². The fourth-order valence-corrected chi connectivity index (χ4v) is 11.3. The number of esters is 1. The van der Waals surface area contributed by atoms with Crippen molar-refractivity contribution in [3.8, 4) is 22.6 Å². The monoisotopic (exact) mass is 1030 g/mol. The number of aryl methyl sites for hydroxylation is 3. The Kier molecular flexibility index (Phi) is 16.3. The number of hydrogen-bond donors (Lipinski definition) is 1. The number of benzene rings is 4. The number of rotatable bonds is 18. The summed E-state index contributed by atoms with van der Waals surface area (Å²) < 4.78 is 35.8. The first-order chi connectivity index (χ1) is 35.4. The predicted molar refractivity (Wildman–Crippen MR) is 283 cm³/mol. The van der Waals surface area contributed by atoms with Crippen molar-refractivity contribution in [2.45, 2.75) is 98.4 Å². The number of aldehydes is 1. The summed E-state index contributed by atoms with van der Waals surface area (Å²) in [6.07, 6.45) is 4.55. The zero-order chi connectivity index (χ0) is 53.1. The van der Waals surface area contributed by atoms with Gasteiger partial charge in [-0.2, -0.15) is 5.10 Å². The molecule has 0 bridgehead atoms. The van der Waals surface area contributed by atoms with E-state index < -0.39 is 17.6 Å². The lowest BCUT2D eigenvalue weighted by Gasteiger charge is -2.48. The average molecular weight is 1030 g/mol. The van der Waals surface area contributed by atoms with Crippen LogP contribution in [0.1, 0.15) is 96.7 Å². The first-order valence-electron chi connectivity index (χ1n) is 25.4. The Morgan fingerprint density at radius 1 is 0.946 bits per heavy atom. The van der Waals surface area contributed by atoms with Crippen LogP contribution in [0.25, 0.3) is 32.8 Å². The van der Waals surface area contributed by atoms with E-state index in [-0.39, 0.29) is 30.8 Å². The van der Waals surface area contributed by atoms with Gasteiger partial charge in [-0.25, -0.2) is 9.18 Å². The van der Waals surface area contributed by atoms with Gasteiger partial charge in [0.05, 0.1) is 29.4 Å². The standard InChI is InChI=1S/C41H49ClFN5O3.C16H18N2O5/c1-26-35(27(2)46(7)44-26)36-33(42)16-15-32-31(11-9-21-50-34-12-8-10-28-22-29(43)13-14-30(28)34)38(39(49)51-40(3,4)5)48(37(32)36)20-19-47-24-41(25-47)17-18-45(6)23-41;1-2-4-13(15(21)17-10-20)18-9-12-11(16(18)22)5-3-6-14(12)23-8-7-19/h8,10,12-16,22H,9,11,17-21,23-25H2,1-7H3;3,5-7,10,13H,2,4,8-9H2,1H3,(H,17,20,21). The maximum atomic E-state index is 14.4. The number of fused-ring (bicyclic) bond motifs is 3. The minimum absolute atomic E-state index is 0.103. The number of likely N-dealkylation sites (tertiary alicyclic amines) is 2. The summed E-state index contributed by atoms with van der Waals surface area (Å²) in [6.45, 7) is 18.1. The molecule has 17 heteroatoms. The number of carbonyl (C=O) groups is 5. The minimum Gasteiger partial charge on any atom is -0.493 e. The zero-order valence-electron chi connectivity index (χ0n) is 43.7. The van der Waals surface area contributed by atoms with Crippen molar-refractivity contribution in [3.05, 3.63) is 111 Å². The number of ether oxygens (including phenoxy) is 3. The van der Waals surface area contributed by atoms with Crippen LogP contribution in [-0.4, -0.2) is 124 Å². The highest BCUT2D eigenvalue weighted by Gasteiger charge is 2.46. The molecule has 5 heterocycles. The molecule has 2 fully saturated rings. The lowest BCUT2D eigenvalue weighted by Crippen LogP contribution is -2.57. The van der Waals surface area contributed by atoms with E-state index in [1.807, 2.05) is 70.6 Å². The van der Waals surface area contributed by atoms with Crippen LogP contribution in [0.3, 0.4) is 0 Å². The Labute approximate surface area is 436 Å². The molecule has 1 spiro atoms. The van der Waals surface area contributed by atoms with E-state index in [4.69, 9.17) is 30.9 Å². The maximum absolute atomic E-state index is 14.4. The van der Waals surface area contributed by atoms with Crippen LogP contribution in [-0.2, 0) is 45.7 Å². The van der Waals surface area contributed by atoms with Crippen molar-refractivity contribution < 1.29 is 42.6 Å². The highest BCUT2D eigenvalue weighted by atomic mass is 35.5. The number of amides is 3. The van der Waals surface area contributed by atoms with Gasteiger partial charge in [-0.3, -0.25) is 29.2 Å². The van der Waals surface area contributed by atoms with E-state index in [2.05, 4.69) is 39.7 Å². The van der Waals surface area contributed by atoms with E-state index in [9.17, 15) is 28.4 Å². The van der Waals surface area contributed by atoms with Gasteiger partial charge in [0.25, 0.3) is 5.91 Å². The van der Waals surface area contributed by atoms with Crippen molar-refractivity contribution in [2.24, 2.45) is 12.5 Å². The highest BCUT2D eigenvalue weighted by molar-refractivity contribution is 6.35. The second-order valence-electron chi connectivity index (χ2n) is 20.9. The van der Waals surface area contributed by atoms with E-state index in [0.29, 0.717) is 90.3 Å². The molecule has 1 N–H and O–H groups in total. The number of carbonyl (C=O) groups excluding carboxylic acids is 5. The van der Waals surface area contributed by atoms with Crippen LogP contribution >= 0.6 is 11.6 Å². The summed E-state index contributed by atoms with van der Waals surface area (Å²) >= 11 is 7.13. The molecule has 6 aromatic rings. The summed E-state index contributed by atoms with van der Waals surface area (Å²) in [5.74, 6) is -0.239. The van der Waals surface area contributed by atoms with Gasteiger partial charge < -0.3 is 33.5 Å². The van der Waals surface area contributed by atoms with Crippen molar-refractivity contribution in [2.75, 3.05) is 53.0 Å². The normalized spacial score (nSPS) is 15.7. The second-order valence-corrected chi connectivity index (χ2v) is 21.3. The Bertz CT molecular complexity index is 3100. The van der Waals surface area contributed by atoms with Gasteiger partial charge in [0, 0.05) is 83.9 Å². The van der Waals surface area contributed by atoms with Gasteiger partial charge in [-0.05, 0) is 127 Å². The van der Waals surface area contributed by atoms with Crippen LogP contribution in [0.4, 0.5) is 4.39 Å². The Hall–Kier alpha value is -6.62. The molecule has 15 nitrogen and oxygen atoms in total. The zero-order valence-corrected chi connectivity index (χ0v) is 44.4. The van der Waals surface area contributed by atoms with Gasteiger partial charge in [0.2, 0.25) is 12.3 Å². The average Bonchev–Trinajstić information content (AvgIpc) is 4.07. The SMILES string of the molecule is CCCC(C(=O)NC=O)N1Cc2c(OCC=O)cccc2C1=O.Cc1nn(C)c(C)c1-c1c(Cl)ccc2c(CCCOc3cccc4cc(F)ccc34)c(C(=O)OC(C)(C)C)n(CCN3CC4(CCN(C)C4)C3)c12. The largest absolute Gasteiger partial charge is 0.493 e. The van der Waals surface area contributed by atoms with Crippen LogP contribution in [0.5, 0.6) is 11.5 Å². The van der Waals surface area contributed by atoms with Crippen LogP contribution in [0.15, 0.2) is 66.7 Å². The quantitative estimate of drug-likeness (QED) is 0.0498. The number of aromatic nitrogens is 3. The van der Waals surface area contributed by atoms with Crippen LogP contribution < -0.4 is 14.8 Å². The third kappa shape index (κ3) is 11.2. The Morgan fingerprint density at radius 2 is 1.69 bits per heavy atom. The molecule has 74 heavy (non-hydrogen) atoms. The van der Waals surface area contributed by atoms with Gasteiger partial charge >= 0.3 is 5.97 Å². The summed E-state index contributed by atoms with van der Waals surface area (Å²) in [6, 6.07) is 18.7. The van der Waals surface area contributed by atoms with E-state index >= 15 is 0 Å². The second kappa shape index (κ2) is 22.5. The van der Waals surface area contributed by atoms with Gasteiger partial charge in [0.1, 0.15) is 41.3 Å². The van der Waals surface area contributed by atoms with E-state index in [1.54, 1.807) is 24.3 Å².